The first-order chi connectivity index (χ1) is 8.47. The lowest BCUT2D eigenvalue weighted by Crippen LogP contribution is -2.43. The predicted octanol–water partition coefficient (Wildman–Crippen LogP) is 2.61. The molecule has 1 saturated heterocycles. The molecule has 2 rings (SSSR count). The molecule has 3 nitrogen and oxygen atoms in total. The fraction of sp³-hybridized carbons (Fsp3) is 0.933. The molecule has 1 saturated carbocycles. The summed E-state index contributed by atoms with van der Waals surface area (Å²) in [5, 5.41) is 3.55. The fourth-order valence-electron chi connectivity index (χ4n) is 3.25. The van der Waals surface area contributed by atoms with E-state index in [4.69, 9.17) is 0 Å². The maximum atomic E-state index is 12.6. The van der Waals surface area contributed by atoms with Gasteiger partial charge in [-0.05, 0) is 30.6 Å². The van der Waals surface area contributed by atoms with E-state index in [1.165, 1.54) is 19.3 Å². The van der Waals surface area contributed by atoms with Crippen LogP contribution in [0.15, 0.2) is 0 Å². The molecule has 0 spiro atoms. The topological polar surface area (TPSA) is 32.3 Å². The maximum absolute atomic E-state index is 12.6. The van der Waals surface area contributed by atoms with E-state index in [9.17, 15) is 4.79 Å². The Bertz CT molecular complexity index is 314. The van der Waals surface area contributed by atoms with Gasteiger partial charge >= 0.3 is 0 Å². The minimum atomic E-state index is 0.0280. The van der Waals surface area contributed by atoms with E-state index in [-0.39, 0.29) is 12.2 Å². The Morgan fingerprint density at radius 3 is 2.44 bits per heavy atom. The summed E-state index contributed by atoms with van der Waals surface area (Å²) < 4.78 is 0. The molecule has 2 aliphatic rings. The number of carbonyl (C=O) groups is 1. The average molecular weight is 252 g/mol. The maximum Gasteiger partial charge on any atom is 0.241 e. The second-order valence-electron chi connectivity index (χ2n) is 6.67. The first-order valence-electron chi connectivity index (χ1n) is 7.55. The number of nitrogens with zero attached hydrogens (tertiary/aromatic N) is 1. The third kappa shape index (κ3) is 2.42. The fourth-order valence-corrected chi connectivity index (χ4v) is 3.25. The molecule has 4 unspecified atom stereocenters. The third-order valence-electron chi connectivity index (χ3n) is 4.37. The number of nitrogens with one attached hydrogen (secondary N) is 1. The monoisotopic (exact) mass is 252 g/mol. The third-order valence-corrected chi connectivity index (χ3v) is 4.37. The highest BCUT2D eigenvalue weighted by Crippen LogP contribution is 2.42. The first kappa shape index (κ1) is 13.9. The van der Waals surface area contributed by atoms with Crippen LogP contribution in [0.1, 0.15) is 53.9 Å². The standard InChI is InChI=1S/C15H28N2O/c1-6-7-11-8-12(11)17-14(10(4)5)16-13(9(2)3)15(17)18/h9-14,16H,6-8H2,1-5H3. The number of rotatable bonds is 5. The Hall–Kier alpha value is -0.570. The van der Waals surface area contributed by atoms with Gasteiger partial charge in [0.05, 0.1) is 12.2 Å². The van der Waals surface area contributed by atoms with E-state index in [1.807, 2.05) is 0 Å². The highest BCUT2D eigenvalue weighted by Gasteiger charge is 2.52. The Morgan fingerprint density at radius 2 is 1.94 bits per heavy atom. The van der Waals surface area contributed by atoms with E-state index in [0.29, 0.717) is 23.8 Å². The molecule has 3 heteroatoms. The lowest BCUT2D eigenvalue weighted by Gasteiger charge is -2.27. The summed E-state index contributed by atoms with van der Waals surface area (Å²) in [5.74, 6) is 1.97. The molecule has 18 heavy (non-hydrogen) atoms. The normalized spacial score (nSPS) is 35.9. The molecule has 0 radical (unpaired) electrons. The van der Waals surface area contributed by atoms with Gasteiger partial charge in [0.25, 0.3) is 0 Å². The molecular formula is C15H28N2O. The summed E-state index contributed by atoms with van der Waals surface area (Å²) in [7, 11) is 0. The molecule has 0 bridgehead atoms. The SMILES string of the molecule is CCCC1CC1N1C(=O)C(C(C)C)NC1C(C)C. The van der Waals surface area contributed by atoms with Crippen LogP contribution in [-0.2, 0) is 4.79 Å². The summed E-state index contributed by atoms with van der Waals surface area (Å²) in [4.78, 5) is 14.7. The van der Waals surface area contributed by atoms with Crippen molar-refractivity contribution in [2.45, 2.75) is 72.1 Å². The minimum absolute atomic E-state index is 0.0280. The van der Waals surface area contributed by atoms with E-state index in [0.717, 1.165) is 5.92 Å². The molecule has 4 atom stereocenters. The van der Waals surface area contributed by atoms with Crippen LogP contribution in [0, 0.1) is 17.8 Å². The highest BCUT2D eigenvalue weighted by atomic mass is 16.2. The van der Waals surface area contributed by atoms with Gasteiger partial charge in [-0.15, -0.1) is 0 Å². The molecule has 1 heterocycles. The van der Waals surface area contributed by atoms with Gasteiger partial charge in [0.15, 0.2) is 0 Å². The van der Waals surface area contributed by atoms with E-state index in [1.54, 1.807) is 0 Å². The van der Waals surface area contributed by atoms with Crippen molar-refractivity contribution in [3.05, 3.63) is 0 Å². The predicted molar refractivity (Wildman–Crippen MR) is 74.0 cm³/mol. The number of carbonyl (C=O) groups excluding carboxylic acids is 1. The van der Waals surface area contributed by atoms with Crippen LogP contribution in [0.3, 0.4) is 0 Å². The molecule has 1 aliphatic carbocycles. The van der Waals surface area contributed by atoms with Gasteiger partial charge in [-0.25, -0.2) is 0 Å². The van der Waals surface area contributed by atoms with Crippen LogP contribution >= 0.6 is 0 Å². The number of hydrogen-bond donors (Lipinski definition) is 1. The summed E-state index contributed by atoms with van der Waals surface area (Å²) in [6, 6.07) is 0.543. The molecule has 1 N–H and O–H groups in total. The first-order valence-corrected chi connectivity index (χ1v) is 7.55. The molecule has 1 amide bonds. The van der Waals surface area contributed by atoms with Crippen LogP contribution in [0.25, 0.3) is 0 Å². The summed E-state index contributed by atoms with van der Waals surface area (Å²) in [5.41, 5.74) is 0. The van der Waals surface area contributed by atoms with E-state index >= 15 is 0 Å². The zero-order valence-corrected chi connectivity index (χ0v) is 12.4. The largest absolute Gasteiger partial charge is 0.322 e. The van der Waals surface area contributed by atoms with Crippen molar-refractivity contribution in [2.75, 3.05) is 0 Å². The average Bonchev–Trinajstić information content (AvgIpc) is 2.93. The lowest BCUT2D eigenvalue weighted by molar-refractivity contribution is -0.132. The summed E-state index contributed by atoms with van der Waals surface area (Å²) in [6.07, 6.45) is 3.97. The molecule has 104 valence electrons. The van der Waals surface area contributed by atoms with Crippen molar-refractivity contribution in [1.82, 2.24) is 10.2 Å². The Labute approximate surface area is 111 Å². The van der Waals surface area contributed by atoms with E-state index in [2.05, 4.69) is 44.8 Å². The molecule has 0 aromatic carbocycles. The number of amides is 1. The Morgan fingerprint density at radius 1 is 1.28 bits per heavy atom. The van der Waals surface area contributed by atoms with Crippen LogP contribution in [-0.4, -0.2) is 29.1 Å². The van der Waals surface area contributed by atoms with Crippen LogP contribution in [0.5, 0.6) is 0 Å². The molecule has 1 aliphatic heterocycles. The van der Waals surface area contributed by atoms with E-state index < -0.39 is 0 Å². The molecule has 0 aromatic heterocycles. The zero-order chi connectivity index (χ0) is 13.4. The second-order valence-corrected chi connectivity index (χ2v) is 6.67. The van der Waals surface area contributed by atoms with Crippen LogP contribution < -0.4 is 5.32 Å². The zero-order valence-electron chi connectivity index (χ0n) is 12.4. The summed E-state index contributed by atoms with van der Waals surface area (Å²) >= 11 is 0. The summed E-state index contributed by atoms with van der Waals surface area (Å²) in [6.45, 7) is 10.9. The van der Waals surface area contributed by atoms with Crippen molar-refractivity contribution in [3.63, 3.8) is 0 Å². The van der Waals surface area contributed by atoms with Crippen LogP contribution in [0.2, 0.25) is 0 Å². The van der Waals surface area contributed by atoms with Crippen molar-refractivity contribution < 1.29 is 4.79 Å². The van der Waals surface area contributed by atoms with Gasteiger partial charge < -0.3 is 4.90 Å². The second kappa shape index (κ2) is 5.20. The van der Waals surface area contributed by atoms with Crippen molar-refractivity contribution >= 4 is 5.91 Å². The molecule has 0 aromatic rings. The van der Waals surface area contributed by atoms with Gasteiger partial charge in [-0.2, -0.15) is 0 Å². The van der Waals surface area contributed by atoms with Gasteiger partial charge in [0, 0.05) is 6.04 Å². The van der Waals surface area contributed by atoms with Gasteiger partial charge in [0.1, 0.15) is 0 Å². The highest BCUT2D eigenvalue weighted by molar-refractivity contribution is 5.85. The van der Waals surface area contributed by atoms with Crippen LogP contribution in [0.4, 0.5) is 0 Å². The number of hydrogen-bond acceptors (Lipinski definition) is 2. The smallest absolute Gasteiger partial charge is 0.241 e. The molecular weight excluding hydrogens is 224 g/mol. The quantitative estimate of drug-likeness (QED) is 0.816. The minimum Gasteiger partial charge on any atom is -0.322 e. The molecule has 2 fully saturated rings. The van der Waals surface area contributed by atoms with Gasteiger partial charge in [-0.3, -0.25) is 10.1 Å². The van der Waals surface area contributed by atoms with Crippen molar-refractivity contribution in [3.8, 4) is 0 Å². The van der Waals surface area contributed by atoms with Gasteiger partial charge in [-0.1, -0.05) is 41.0 Å². The van der Waals surface area contributed by atoms with Crippen molar-refractivity contribution in [1.29, 1.82) is 0 Å². The Kier molecular flexibility index (Phi) is 4.00. The van der Waals surface area contributed by atoms with Crippen molar-refractivity contribution in [2.24, 2.45) is 17.8 Å². The van der Waals surface area contributed by atoms with Gasteiger partial charge in [0.2, 0.25) is 5.91 Å². The Balaban J connectivity index is 2.09. The lowest BCUT2D eigenvalue weighted by atomic mass is 10.0.